The van der Waals surface area contributed by atoms with E-state index in [1.807, 2.05) is 6.92 Å². The van der Waals surface area contributed by atoms with Crippen molar-refractivity contribution >= 4 is 28.9 Å². The number of nitrogens with one attached hydrogen (secondary N) is 3. The molecule has 2 rings (SSSR count). The molecule has 0 saturated heterocycles. The summed E-state index contributed by atoms with van der Waals surface area (Å²) in [5.74, 6) is 1.58. The number of methoxy groups -OCH3 is 2. The molecule has 8 heteroatoms. The molecule has 0 aliphatic heterocycles. The quantitative estimate of drug-likeness (QED) is 0.578. The van der Waals surface area contributed by atoms with Gasteiger partial charge < -0.3 is 19.2 Å². The number of para-hydroxylation sites is 1. The number of aryl methyl sites for hydroxylation is 2. The zero-order valence-corrected chi connectivity index (χ0v) is 14.7. The summed E-state index contributed by atoms with van der Waals surface area (Å²) in [4.78, 5) is 12.0. The number of hydrogen-bond donors (Lipinski definition) is 3. The fourth-order valence-electron chi connectivity index (χ4n) is 1.98. The summed E-state index contributed by atoms with van der Waals surface area (Å²) in [6.45, 7) is 3.66. The van der Waals surface area contributed by atoms with Gasteiger partial charge in [-0.15, -0.1) is 0 Å². The Morgan fingerprint density at radius 2 is 1.75 bits per heavy atom. The van der Waals surface area contributed by atoms with Gasteiger partial charge in [0.25, 0.3) is 0 Å². The van der Waals surface area contributed by atoms with Gasteiger partial charge in [-0.3, -0.25) is 15.6 Å². The second-order valence-electron chi connectivity index (χ2n) is 4.92. The molecule has 1 heterocycles. The Hall–Kier alpha value is -2.74. The number of hydrazine groups is 1. The lowest BCUT2D eigenvalue weighted by molar-refractivity contribution is 0.0915. The number of furan rings is 1. The summed E-state index contributed by atoms with van der Waals surface area (Å²) < 4.78 is 15.9. The number of amides is 1. The van der Waals surface area contributed by atoms with E-state index < -0.39 is 5.91 Å². The van der Waals surface area contributed by atoms with E-state index in [0.29, 0.717) is 22.9 Å². The number of hydrogen-bond acceptors (Lipinski definition) is 5. The second kappa shape index (κ2) is 7.69. The molecule has 128 valence electrons. The van der Waals surface area contributed by atoms with Crippen LogP contribution in [0.25, 0.3) is 0 Å². The molecule has 3 N–H and O–H groups in total. The highest BCUT2D eigenvalue weighted by atomic mass is 32.1. The predicted octanol–water partition coefficient (Wildman–Crippen LogP) is 2.55. The van der Waals surface area contributed by atoms with Crippen LogP contribution >= 0.6 is 12.2 Å². The molecule has 24 heavy (non-hydrogen) atoms. The molecule has 1 amide bonds. The standard InChI is InChI=1S/C16H19N3O4S/c1-9-8-13(23-10(9)2)15(20)18-19-16(24)17-14-11(21-3)6-5-7-12(14)22-4/h5-8H,1-4H3,(H,18,20)(H2,17,19,24). The maximum Gasteiger partial charge on any atom is 0.305 e. The molecule has 0 aliphatic carbocycles. The average Bonchev–Trinajstić information content (AvgIpc) is 2.92. The minimum Gasteiger partial charge on any atom is -0.494 e. The normalized spacial score (nSPS) is 10.0. The molecule has 0 atom stereocenters. The lowest BCUT2D eigenvalue weighted by Gasteiger charge is -2.16. The van der Waals surface area contributed by atoms with Gasteiger partial charge in [0, 0.05) is 0 Å². The summed E-state index contributed by atoms with van der Waals surface area (Å²) >= 11 is 5.17. The van der Waals surface area contributed by atoms with Crippen LogP contribution in [0.3, 0.4) is 0 Å². The Bertz CT molecular complexity index is 716. The fraction of sp³-hybridized carbons (Fsp3) is 0.250. The molecule has 0 unspecified atom stereocenters. The van der Waals surface area contributed by atoms with Crippen molar-refractivity contribution in [2.45, 2.75) is 13.8 Å². The third-order valence-electron chi connectivity index (χ3n) is 3.35. The van der Waals surface area contributed by atoms with Gasteiger partial charge in [-0.2, -0.15) is 0 Å². The van der Waals surface area contributed by atoms with Gasteiger partial charge in [0.1, 0.15) is 22.9 Å². The number of rotatable bonds is 4. The topological polar surface area (TPSA) is 84.8 Å². The lowest BCUT2D eigenvalue weighted by Crippen LogP contribution is -2.43. The van der Waals surface area contributed by atoms with Crippen LogP contribution in [0.2, 0.25) is 0 Å². The summed E-state index contributed by atoms with van der Waals surface area (Å²) in [5, 5.41) is 3.10. The predicted molar refractivity (Wildman–Crippen MR) is 94.6 cm³/mol. The zero-order chi connectivity index (χ0) is 17.7. The van der Waals surface area contributed by atoms with Crippen molar-refractivity contribution < 1.29 is 18.7 Å². The summed E-state index contributed by atoms with van der Waals surface area (Å²) in [6, 6.07) is 6.98. The van der Waals surface area contributed by atoms with Gasteiger partial charge in [0.15, 0.2) is 10.9 Å². The van der Waals surface area contributed by atoms with Crippen LogP contribution in [0.4, 0.5) is 5.69 Å². The van der Waals surface area contributed by atoms with Gasteiger partial charge in [0.05, 0.1) is 14.2 Å². The first-order valence-corrected chi connectivity index (χ1v) is 7.52. The van der Waals surface area contributed by atoms with Crippen LogP contribution in [0, 0.1) is 13.8 Å². The maximum atomic E-state index is 12.0. The monoisotopic (exact) mass is 349 g/mol. The van der Waals surface area contributed by atoms with Gasteiger partial charge >= 0.3 is 5.91 Å². The van der Waals surface area contributed by atoms with Gasteiger partial charge in [0.2, 0.25) is 0 Å². The highest BCUT2D eigenvalue weighted by Gasteiger charge is 2.14. The highest BCUT2D eigenvalue weighted by molar-refractivity contribution is 7.80. The molecule has 0 radical (unpaired) electrons. The zero-order valence-electron chi connectivity index (χ0n) is 13.9. The Balaban J connectivity index is 2.00. The van der Waals surface area contributed by atoms with Gasteiger partial charge in [-0.25, -0.2) is 0 Å². The van der Waals surface area contributed by atoms with Crippen LogP contribution in [0.15, 0.2) is 28.7 Å². The summed E-state index contributed by atoms with van der Waals surface area (Å²) in [7, 11) is 3.08. The van der Waals surface area contributed by atoms with Crippen molar-refractivity contribution in [2.75, 3.05) is 19.5 Å². The first-order valence-electron chi connectivity index (χ1n) is 7.11. The summed E-state index contributed by atoms with van der Waals surface area (Å²) in [6.07, 6.45) is 0. The Labute approximate surface area is 145 Å². The molecule has 0 spiro atoms. The molecule has 0 saturated carbocycles. The van der Waals surface area contributed by atoms with Crippen molar-refractivity contribution in [3.8, 4) is 11.5 Å². The molecule has 1 aromatic carbocycles. The van der Waals surface area contributed by atoms with Crippen molar-refractivity contribution in [3.05, 3.63) is 41.3 Å². The van der Waals surface area contributed by atoms with E-state index in [-0.39, 0.29) is 10.9 Å². The van der Waals surface area contributed by atoms with Gasteiger partial charge in [-0.1, -0.05) is 6.07 Å². The Kier molecular flexibility index (Phi) is 5.64. The molecular weight excluding hydrogens is 330 g/mol. The number of benzene rings is 1. The summed E-state index contributed by atoms with van der Waals surface area (Å²) in [5.41, 5.74) is 6.53. The average molecular weight is 349 g/mol. The van der Waals surface area contributed by atoms with E-state index in [2.05, 4.69) is 16.2 Å². The number of carbonyl (C=O) groups excluding carboxylic acids is 1. The van der Waals surface area contributed by atoms with Crippen LogP contribution < -0.4 is 25.6 Å². The minimum absolute atomic E-state index is 0.172. The lowest BCUT2D eigenvalue weighted by atomic mass is 10.2. The SMILES string of the molecule is COc1cccc(OC)c1NC(=S)NNC(=O)c1cc(C)c(C)o1. The molecule has 0 bridgehead atoms. The first-order chi connectivity index (χ1) is 11.5. The molecule has 1 aromatic heterocycles. The molecule has 7 nitrogen and oxygen atoms in total. The van der Waals surface area contributed by atoms with Crippen molar-refractivity contribution in [1.82, 2.24) is 10.9 Å². The largest absolute Gasteiger partial charge is 0.494 e. The number of ether oxygens (including phenoxy) is 2. The van der Waals surface area contributed by atoms with Crippen molar-refractivity contribution in [2.24, 2.45) is 0 Å². The minimum atomic E-state index is -0.428. The van der Waals surface area contributed by atoms with Crippen LogP contribution in [0.5, 0.6) is 11.5 Å². The second-order valence-corrected chi connectivity index (χ2v) is 5.33. The molecule has 0 fully saturated rings. The van der Waals surface area contributed by atoms with Gasteiger partial charge in [-0.05, 0) is 49.8 Å². The Morgan fingerprint density at radius 1 is 1.12 bits per heavy atom. The van der Waals surface area contributed by atoms with Crippen LogP contribution in [-0.4, -0.2) is 25.2 Å². The third-order valence-corrected chi connectivity index (χ3v) is 3.55. The van der Waals surface area contributed by atoms with E-state index >= 15 is 0 Å². The Morgan fingerprint density at radius 3 is 2.25 bits per heavy atom. The van der Waals surface area contributed by atoms with Crippen molar-refractivity contribution in [3.63, 3.8) is 0 Å². The fourth-order valence-corrected chi connectivity index (χ4v) is 2.13. The molecular formula is C16H19N3O4S. The van der Waals surface area contributed by atoms with E-state index in [4.69, 9.17) is 26.1 Å². The van der Waals surface area contributed by atoms with E-state index in [1.165, 1.54) is 0 Å². The highest BCUT2D eigenvalue weighted by Crippen LogP contribution is 2.33. The van der Waals surface area contributed by atoms with E-state index in [0.717, 1.165) is 5.56 Å². The van der Waals surface area contributed by atoms with Crippen molar-refractivity contribution in [1.29, 1.82) is 0 Å². The maximum absolute atomic E-state index is 12.0. The smallest absolute Gasteiger partial charge is 0.305 e. The molecule has 0 aliphatic rings. The first kappa shape index (κ1) is 17.6. The third kappa shape index (κ3) is 3.96. The van der Waals surface area contributed by atoms with Crippen LogP contribution in [0.1, 0.15) is 21.9 Å². The number of carbonyl (C=O) groups is 1. The van der Waals surface area contributed by atoms with E-state index in [9.17, 15) is 4.79 Å². The molecule has 2 aromatic rings. The van der Waals surface area contributed by atoms with Crippen LogP contribution in [-0.2, 0) is 0 Å². The van der Waals surface area contributed by atoms with E-state index in [1.54, 1.807) is 45.4 Å². The number of thiocarbonyl (C=S) groups is 1. The number of anilines is 1.